The molecule has 0 bridgehead atoms. The normalized spacial score (nSPS) is 11.6. The highest BCUT2D eigenvalue weighted by Crippen LogP contribution is 2.19. The van der Waals surface area contributed by atoms with Gasteiger partial charge in [0, 0.05) is 35.3 Å². The van der Waals surface area contributed by atoms with Crippen LogP contribution in [0.1, 0.15) is 16.8 Å². The predicted molar refractivity (Wildman–Crippen MR) is 81.0 cm³/mol. The Kier molecular flexibility index (Phi) is 4.96. The van der Waals surface area contributed by atoms with Gasteiger partial charge in [-0.05, 0) is 18.2 Å². The molecule has 5 N–H and O–H groups in total. The molecule has 0 saturated carbocycles. The maximum Gasteiger partial charge on any atom is 0.304 e. The van der Waals surface area contributed by atoms with Gasteiger partial charge in [-0.25, -0.2) is 0 Å². The summed E-state index contributed by atoms with van der Waals surface area (Å²) in [5.41, 5.74) is 7.89. The molecule has 21 heavy (non-hydrogen) atoms. The molecular formula is C13H16N4O3S. The van der Waals surface area contributed by atoms with Gasteiger partial charge in [0.2, 0.25) is 0 Å². The summed E-state index contributed by atoms with van der Waals surface area (Å²) in [5.74, 6) is 0.747. The third-order valence-corrected chi connectivity index (χ3v) is 3.60. The first-order valence-corrected chi connectivity index (χ1v) is 7.04. The molecule has 8 heteroatoms. The Morgan fingerprint density at radius 3 is 2.95 bits per heavy atom. The van der Waals surface area contributed by atoms with Crippen LogP contribution in [0.5, 0.6) is 5.75 Å². The SMILES string of the molecule is COc1ccc(/C(N)=N/O)cc1CNCc1csc(=O)[nH]1. The third kappa shape index (κ3) is 3.83. The van der Waals surface area contributed by atoms with E-state index in [1.54, 1.807) is 30.7 Å². The molecule has 0 amide bonds. The van der Waals surface area contributed by atoms with E-state index in [9.17, 15) is 4.79 Å². The van der Waals surface area contributed by atoms with Crippen LogP contribution in [0.2, 0.25) is 0 Å². The van der Waals surface area contributed by atoms with Gasteiger partial charge in [0.05, 0.1) is 7.11 Å². The summed E-state index contributed by atoms with van der Waals surface area (Å²) in [6, 6.07) is 5.27. The van der Waals surface area contributed by atoms with Crippen LogP contribution < -0.4 is 20.7 Å². The molecular weight excluding hydrogens is 292 g/mol. The maximum atomic E-state index is 11.0. The van der Waals surface area contributed by atoms with E-state index in [4.69, 9.17) is 15.7 Å². The molecule has 0 aliphatic heterocycles. The van der Waals surface area contributed by atoms with E-state index in [2.05, 4.69) is 15.5 Å². The number of nitrogens with zero attached hydrogens (tertiary/aromatic N) is 1. The van der Waals surface area contributed by atoms with Crippen LogP contribution in [0.4, 0.5) is 0 Å². The van der Waals surface area contributed by atoms with Crippen LogP contribution in [-0.4, -0.2) is 23.1 Å². The van der Waals surface area contributed by atoms with Crippen molar-refractivity contribution in [3.05, 3.63) is 50.1 Å². The van der Waals surface area contributed by atoms with Crippen molar-refractivity contribution < 1.29 is 9.94 Å². The van der Waals surface area contributed by atoms with Crippen molar-refractivity contribution in [1.29, 1.82) is 0 Å². The Hall–Kier alpha value is -2.32. The van der Waals surface area contributed by atoms with Crippen LogP contribution in [0.15, 0.2) is 33.5 Å². The standard InChI is InChI=1S/C13H16N4O3S/c1-20-11-3-2-8(12(14)17-19)4-9(11)5-15-6-10-7-21-13(18)16-10/h2-4,7,15,19H,5-6H2,1H3,(H2,14,17)(H,16,18). The number of benzene rings is 1. The molecule has 112 valence electrons. The van der Waals surface area contributed by atoms with Gasteiger partial charge in [-0.15, -0.1) is 0 Å². The minimum Gasteiger partial charge on any atom is -0.496 e. The number of aromatic nitrogens is 1. The lowest BCUT2D eigenvalue weighted by atomic mass is 10.1. The number of methoxy groups -OCH3 is 1. The first-order chi connectivity index (χ1) is 10.1. The van der Waals surface area contributed by atoms with Gasteiger partial charge in [-0.3, -0.25) is 4.79 Å². The summed E-state index contributed by atoms with van der Waals surface area (Å²) >= 11 is 1.13. The topological polar surface area (TPSA) is 113 Å². The van der Waals surface area contributed by atoms with E-state index in [0.717, 1.165) is 22.6 Å². The molecule has 1 heterocycles. The van der Waals surface area contributed by atoms with Crippen LogP contribution in [-0.2, 0) is 13.1 Å². The van der Waals surface area contributed by atoms with Crippen molar-refractivity contribution in [2.24, 2.45) is 10.9 Å². The lowest BCUT2D eigenvalue weighted by Gasteiger charge is -2.11. The number of nitrogens with two attached hydrogens (primary N) is 1. The lowest BCUT2D eigenvalue weighted by Crippen LogP contribution is -2.17. The van der Waals surface area contributed by atoms with Crippen molar-refractivity contribution in [3.8, 4) is 5.75 Å². The molecule has 0 saturated heterocycles. The molecule has 0 spiro atoms. The zero-order valence-corrected chi connectivity index (χ0v) is 12.2. The van der Waals surface area contributed by atoms with Crippen molar-refractivity contribution in [2.45, 2.75) is 13.1 Å². The number of hydrogen-bond acceptors (Lipinski definition) is 6. The van der Waals surface area contributed by atoms with E-state index < -0.39 is 0 Å². The molecule has 0 aliphatic carbocycles. The quantitative estimate of drug-likeness (QED) is 0.273. The lowest BCUT2D eigenvalue weighted by molar-refractivity contribution is 0.318. The van der Waals surface area contributed by atoms with Crippen molar-refractivity contribution in [1.82, 2.24) is 10.3 Å². The van der Waals surface area contributed by atoms with Crippen LogP contribution in [0, 0.1) is 0 Å². The molecule has 2 aromatic rings. The third-order valence-electron chi connectivity index (χ3n) is 2.89. The number of nitrogens with one attached hydrogen (secondary N) is 2. The summed E-state index contributed by atoms with van der Waals surface area (Å²) in [5, 5.41) is 16.7. The molecule has 0 atom stereocenters. The first-order valence-electron chi connectivity index (χ1n) is 6.16. The van der Waals surface area contributed by atoms with Crippen LogP contribution in [0.25, 0.3) is 0 Å². The average molecular weight is 308 g/mol. The Labute approximate surface area is 125 Å². The average Bonchev–Trinajstić information content (AvgIpc) is 2.91. The minimum atomic E-state index is -0.0710. The maximum absolute atomic E-state index is 11.0. The van der Waals surface area contributed by atoms with Crippen LogP contribution in [0.3, 0.4) is 0 Å². The van der Waals surface area contributed by atoms with Gasteiger partial charge in [0.25, 0.3) is 0 Å². The summed E-state index contributed by atoms with van der Waals surface area (Å²) in [6.07, 6.45) is 0. The van der Waals surface area contributed by atoms with Gasteiger partial charge < -0.3 is 26.0 Å². The molecule has 7 nitrogen and oxygen atoms in total. The zero-order valence-electron chi connectivity index (χ0n) is 11.4. The number of hydrogen-bond donors (Lipinski definition) is 4. The number of oxime groups is 1. The van der Waals surface area contributed by atoms with E-state index >= 15 is 0 Å². The monoisotopic (exact) mass is 308 g/mol. The Morgan fingerprint density at radius 2 is 2.33 bits per heavy atom. The molecule has 1 aromatic carbocycles. The Bertz CT molecular complexity index is 693. The fourth-order valence-corrected chi connectivity index (χ4v) is 2.45. The summed E-state index contributed by atoms with van der Waals surface area (Å²) in [4.78, 5) is 13.7. The number of H-pyrrole nitrogens is 1. The number of rotatable bonds is 6. The van der Waals surface area contributed by atoms with Crippen LogP contribution >= 0.6 is 11.3 Å². The molecule has 0 aliphatic rings. The molecule has 2 rings (SSSR count). The number of ether oxygens (including phenoxy) is 1. The van der Waals surface area contributed by atoms with Crippen molar-refractivity contribution in [2.75, 3.05) is 7.11 Å². The number of thiazole rings is 1. The van der Waals surface area contributed by atoms with Gasteiger partial charge in [0.1, 0.15) is 5.75 Å². The summed E-state index contributed by atoms with van der Waals surface area (Å²) in [6.45, 7) is 1.06. The van der Waals surface area contributed by atoms with Gasteiger partial charge in [0.15, 0.2) is 5.84 Å². The Morgan fingerprint density at radius 1 is 1.52 bits per heavy atom. The fourth-order valence-electron chi connectivity index (χ4n) is 1.87. The fraction of sp³-hybridized carbons (Fsp3) is 0.231. The summed E-state index contributed by atoms with van der Waals surface area (Å²) in [7, 11) is 1.58. The van der Waals surface area contributed by atoms with E-state index in [1.807, 2.05) is 0 Å². The second kappa shape index (κ2) is 6.91. The van der Waals surface area contributed by atoms with Gasteiger partial charge >= 0.3 is 4.87 Å². The van der Waals surface area contributed by atoms with Crippen molar-refractivity contribution >= 4 is 17.2 Å². The van der Waals surface area contributed by atoms with Gasteiger partial charge in [-0.1, -0.05) is 16.5 Å². The molecule has 1 aromatic heterocycles. The van der Waals surface area contributed by atoms with Gasteiger partial charge in [-0.2, -0.15) is 0 Å². The highest BCUT2D eigenvalue weighted by atomic mass is 32.1. The summed E-state index contributed by atoms with van der Waals surface area (Å²) < 4.78 is 5.28. The molecule has 0 fully saturated rings. The second-order valence-corrected chi connectivity index (χ2v) is 5.13. The highest BCUT2D eigenvalue weighted by molar-refractivity contribution is 7.07. The molecule has 0 unspecified atom stereocenters. The predicted octanol–water partition coefficient (Wildman–Crippen LogP) is 0.829. The Balaban J connectivity index is 2.08. The molecule has 0 radical (unpaired) electrons. The van der Waals surface area contributed by atoms with Crippen molar-refractivity contribution in [3.63, 3.8) is 0 Å². The van der Waals surface area contributed by atoms with E-state index in [0.29, 0.717) is 24.4 Å². The smallest absolute Gasteiger partial charge is 0.304 e. The largest absolute Gasteiger partial charge is 0.496 e. The number of amidine groups is 1. The zero-order chi connectivity index (χ0) is 15.2. The highest BCUT2D eigenvalue weighted by Gasteiger charge is 2.07. The van der Waals surface area contributed by atoms with E-state index in [-0.39, 0.29) is 10.7 Å². The second-order valence-electron chi connectivity index (χ2n) is 4.29. The minimum absolute atomic E-state index is 0.0427. The first kappa shape index (κ1) is 15.1. The number of aromatic amines is 1. The van der Waals surface area contributed by atoms with E-state index in [1.165, 1.54) is 0 Å².